The molecule has 0 saturated carbocycles. The maximum absolute atomic E-state index is 13.4. The molecule has 8 fully saturated rings. The van der Waals surface area contributed by atoms with Crippen molar-refractivity contribution in [2.24, 2.45) is 0 Å². The number of amides is 7. The maximum Gasteiger partial charge on any atom is 0.373 e. The fourth-order valence-corrected chi connectivity index (χ4v) is 17.8. The molecule has 7 amide bonds. The average Bonchev–Trinajstić information content (AvgIpc) is 1.04. The van der Waals surface area contributed by atoms with Crippen molar-refractivity contribution < 1.29 is 116 Å². The number of hydrogen-bond acceptors (Lipinski definition) is 30. The van der Waals surface area contributed by atoms with Gasteiger partial charge in [-0.2, -0.15) is 9.59 Å². The van der Waals surface area contributed by atoms with Gasteiger partial charge < -0.3 is 113 Å². The zero-order valence-electron chi connectivity index (χ0n) is 78.4. The van der Waals surface area contributed by atoms with E-state index in [-0.39, 0.29) is 197 Å². The first-order valence-corrected chi connectivity index (χ1v) is 46.8. The highest BCUT2D eigenvalue weighted by atomic mass is 16.5. The fourth-order valence-electron chi connectivity index (χ4n) is 17.8. The molecular formula is C100H109N15O29. The van der Waals surface area contributed by atoms with Crippen molar-refractivity contribution >= 4 is 47.5 Å². The largest absolute Gasteiger partial charge is 0.482 e. The minimum Gasteiger partial charge on any atom is -0.482 e. The number of carbonyl (C=O) groups is 7. The summed E-state index contributed by atoms with van der Waals surface area (Å²) >= 11 is 0. The minimum atomic E-state index is -0.602. The van der Waals surface area contributed by atoms with Gasteiger partial charge in [-0.15, -0.1) is 0 Å². The molecule has 0 aliphatic carbocycles. The van der Waals surface area contributed by atoms with Crippen LogP contribution in [0, 0.1) is 0 Å². The van der Waals surface area contributed by atoms with Crippen molar-refractivity contribution in [3.05, 3.63) is 320 Å². The number of rotatable bonds is 17. The van der Waals surface area contributed by atoms with E-state index >= 15 is 0 Å². The standard InChI is InChI=1S/2C22H23N3O6.3C17H17N3O4.C4H8O.CO2.2H2O/c2*26-16-8-9-24-19(20(16)31-13-15-5-2-1-3-6-15)22(28)23-10-12-29-14-18(23)25(24)21(27)17-7-4-11-30-17;3*21-13-6-7-20-15(16(13)24-10-12-4-2-1-3-5-12)17(22)19-8-9-23-11-14(19)18-20;1-2-4-5-3-1;2-1-3;;/h2*1-3,5-6,8-9,17-18H,4,7,10-14H2;3*1-7,14,18H,8-11H2;1-4H2;;2*1H2/t17-,18+;17-,18-;14-;;;;;;/m000....../s1. The van der Waals surface area contributed by atoms with E-state index in [0.717, 1.165) is 53.9 Å². The Bertz CT molecular complexity index is 6010. The van der Waals surface area contributed by atoms with Crippen molar-refractivity contribution in [3.63, 3.8) is 0 Å². The summed E-state index contributed by atoms with van der Waals surface area (Å²) in [6.45, 7) is 9.90. The van der Waals surface area contributed by atoms with E-state index in [9.17, 15) is 57.5 Å². The number of fused-ring (bicyclic) bond motifs is 10. The van der Waals surface area contributed by atoms with Crippen LogP contribution in [-0.2, 0) is 90.1 Å². The summed E-state index contributed by atoms with van der Waals surface area (Å²) in [6, 6.07) is 54.1. The number of morpholine rings is 5. The monoisotopic (exact) mass is 1980 g/mol. The van der Waals surface area contributed by atoms with Gasteiger partial charge in [-0.05, 0) is 66.3 Å². The summed E-state index contributed by atoms with van der Waals surface area (Å²) < 4.78 is 79.9. The molecule has 44 nitrogen and oxygen atoms in total. The van der Waals surface area contributed by atoms with Crippen LogP contribution in [0.2, 0.25) is 0 Å². The van der Waals surface area contributed by atoms with Crippen LogP contribution in [0.3, 0.4) is 0 Å². The number of carbonyl (C=O) groups excluding carboxylic acids is 9. The third kappa shape index (κ3) is 23.3. The molecule has 18 heterocycles. The molecule has 7 atom stereocenters. The van der Waals surface area contributed by atoms with Gasteiger partial charge >= 0.3 is 6.15 Å². The molecule has 0 spiro atoms. The van der Waals surface area contributed by atoms with Crippen LogP contribution in [-0.4, -0.2) is 275 Å². The van der Waals surface area contributed by atoms with E-state index in [1.165, 1.54) is 74.9 Å². The lowest BCUT2D eigenvalue weighted by Gasteiger charge is -2.47. The van der Waals surface area contributed by atoms with Gasteiger partial charge in [0.15, 0.2) is 69.5 Å². The maximum atomic E-state index is 13.4. The molecule has 10 aromatic rings. The van der Waals surface area contributed by atoms with Crippen LogP contribution in [0.5, 0.6) is 28.7 Å². The first-order chi connectivity index (χ1) is 69.4. The minimum absolute atomic E-state index is 0. The Morgan fingerprint density at radius 3 is 0.806 bits per heavy atom. The molecule has 23 rings (SSSR count). The molecule has 144 heavy (non-hydrogen) atoms. The molecule has 7 N–H and O–H groups in total. The Kier molecular flexibility index (Phi) is 34.9. The van der Waals surface area contributed by atoms with Crippen LogP contribution >= 0.6 is 0 Å². The summed E-state index contributed by atoms with van der Waals surface area (Å²) in [4.78, 5) is 179. The normalized spacial score (nSPS) is 20.3. The number of ether oxygens (including phenoxy) is 13. The lowest BCUT2D eigenvalue weighted by Crippen LogP contribution is -2.68. The third-order valence-corrected chi connectivity index (χ3v) is 24.9. The Labute approximate surface area is 822 Å². The smallest absolute Gasteiger partial charge is 0.373 e. The number of nitrogens with zero attached hydrogens (tertiary/aromatic N) is 12. The Morgan fingerprint density at radius 2 is 0.549 bits per heavy atom. The van der Waals surface area contributed by atoms with E-state index in [4.69, 9.17) is 71.2 Å². The van der Waals surface area contributed by atoms with Crippen molar-refractivity contribution in [2.75, 3.05) is 152 Å². The van der Waals surface area contributed by atoms with Crippen LogP contribution in [0.4, 0.5) is 0 Å². The molecule has 13 aliphatic heterocycles. The fraction of sp³-hybridized carbons (Fsp3) is 0.370. The molecule has 8 saturated heterocycles. The second kappa shape index (κ2) is 48.8. The summed E-state index contributed by atoms with van der Waals surface area (Å²) in [7, 11) is 0. The zero-order valence-corrected chi connectivity index (χ0v) is 78.4. The molecule has 758 valence electrons. The number of pyridine rings is 5. The van der Waals surface area contributed by atoms with Crippen molar-refractivity contribution in [1.82, 2.24) is 47.9 Å². The van der Waals surface area contributed by atoms with E-state index in [0.29, 0.717) is 112 Å². The van der Waals surface area contributed by atoms with Crippen molar-refractivity contribution in [1.29, 1.82) is 0 Å². The Balaban J connectivity index is 0.000000133. The molecule has 0 bridgehead atoms. The number of hydrogen-bond donors (Lipinski definition) is 3. The topological polar surface area (TPSA) is 505 Å². The van der Waals surface area contributed by atoms with Gasteiger partial charge in [0.2, 0.25) is 27.1 Å². The highest BCUT2D eigenvalue weighted by molar-refractivity contribution is 6.03. The van der Waals surface area contributed by atoms with E-state index in [1.54, 1.807) is 57.1 Å². The highest BCUT2D eigenvalue weighted by Gasteiger charge is 2.50. The van der Waals surface area contributed by atoms with Crippen LogP contribution in [0.15, 0.2) is 237 Å². The zero-order chi connectivity index (χ0) is 98.5. The lowest BCUT2D eigenvalue weighted by molar-refractivity contribution is -0.191. The Morgan fingerprint density at radius 1 is 0.299 bits per heavy atom. The highest BCUT2D eigenvalue weighted by Crippen LogP contribution is 2.34. The first-order valence-electron chi connectivity index (χ1n) is 46.8. The Hall–Kier alpha value is -15.5. The van der Waals surface area contributed by atoms with Gasteiger partial charge in [-0.1, -0.05) is 152 Å². The molecule has 5 aromatic heterocycles. The first kappa shape index (κ1) is 103. The molecule has 5 aromatic carbocycles. The summed E-state index contributed by atoms with van der Waals surface area (Å²) in [5.41, 5.74) is 13.1. The van der Waals surface area contributed by atoms with Crippen LogP contribution in [0.1, 0.15) is 119 Å². The predicted molar refractivity (Wildman–Crippen MR) is 510 cm³/mol. The van der Waals surface area contributed by atoms with Gasteiger partial charge in [0.25, 0.3) is 41.4 Å². The van der Waals surface area contributed by atoms with E-state index in [2.05, 4.69) is 16.3 Å². The third-order valence-electron chi connectivity index (χ3n) is 24.9. The van der Waals surface area contributed by atoms with Crippen molar-refractivity contribution in [2.45, 2.75) is 115 Å². The molecule has 13 aliphatic rings. The molecule has 44 heteroatoms. The van der Waals surface area contributed by atoms with Gasteiger partial charge in [-0.25, -0.2) is 19.4 Å². The van der Waals surface area contributed by atoms with E-state index in [1.807, 2.05) is 152 Å². The van der Waals surface area contributed by atoms with Crippen LogP contribution in [0.25, 0.3) is 0 Å². The molecule has 2 unspecified atom stereocenters. The molecule has 0 radical (unpaired) electrons. The summed E-state index contributed by atoms with van der Waals surface area (Å²) in [5.74, 6) is -1.80. The number of nitrogens with one attached hydrogen (secondary N) is 3. The SMILES string of the molecule is C1CCOC1.O.O.O=C1c2c(OCc3ccccc3)c(=O)ccn2N(C(=O)[C@@H]2CCCO2)[C@@H]2COCCN12.O=C1c2c(OCc3ccccc3)c(=O)ccn2N(C(=O)[C@@H]2CCCO2)[C@H]2COCCN12.O=C1c2c(OCc3ccccc3)c(=O)ccn2NC2COCCN12.O=C1c2c(OCc3ccccc3)c(=O)ccn2NC2COCCN12.O=C1c2c(OCc3ccccc3)c(=O)ccn2N[C@@H]2COCCN12.O=C=O. The van der Waals surface area contributed by atoms with Crippen LogP contribution < -0.4 is 77.1 Å². The second-order valence-electron chi connectivity index (χ2n) is 34.0. The number of benzene rings is 5. The van der Waals surface area contributed by atoms with Gasteiger partial charge in [0.05, 0.1) is 66.1 Å². The van der Waals surface area contributed by atoms with Gasteiger partial charge in [0.1, 0.15) is 63.7 Å². The quantitative estimate of drug-likeness (QED) is 0.118. The summed E-state index contributed by atoms with van der Waals surface area (Å²) in [6.07, 6.45) is 10.1. The van der Waals surface area contributed by atoms with Gasteiger partial charge in [0, 0.05) is 120 Å². The number of aromatic nitrogens is 5. The lowest BCUT2D eigenvalue weighted by atomic mass is 10.1. The second-order valence-corrected chi connectivity index (χ2v) is 34.0. The molecular weight excluding hydrogens is 1880 g/mol. The van der Waals surface area contributed by atoms with E-state index < -0.39 is 35.4 Å². The van der Waals surface area contributed by atoms with Gasteiger partial charge in [-0.3, -0.25) is 71.6 Å². The van der Waals surface area contributed by atoms with Crippen molar-refractivity contribution in [3.8, 4) is 28.7 Å². The summed E-state index contributed by atoms with van der Waals surface area (Å²) in [5, 5.41) is 2.95. The average molecular weight is 1990 g/mol. The predicted octanol–water partition coefficient (Wildman–Crippen LogP) is 2.68.